The maximum atomic E-state index is 13.2. The summed E-state index contributed by atoms with van der Waals surface area (Å²) in [5.41, 5.74) is 2.90. The van der Waals surface area contributed by atoms with E-state index >= 15 is 0 Å². The van der Waals surface area contributed by atoms with Gasteiger partial charge in [-0.25, -0.2) is 9.79 Å². The number of hydrogen-bond donors (Lipinski definition) is 0. The number of likely N-dealkylation sites (N-methyl/N-ethyl adjacent to an activating group) is 2. The highest BCUT2D eigenvalue weighted by Gasteiger charge is 2.41. The number of benzene rings is 1. The number of amides is 1. The average Bonchev–Trinajstić information content (AvgIpc) is 3.44. The van der Waals surface area contributed by atoms with Crippen LogP contribution >= 0.6 is 11.8 Å². The topological polar surface area (TPSA) is 74.7 Å². The van der Waals surface area contributed by atoms with E-state index in [1.54, 1.807) is 7.11 Å². The van der Waals surface area contributed by atoms with Gasteiger partial charge in [-0.05, 0) is 37.9 Å². The van der Waals surface area contributed by atoms with Gasteiger partial charge in [0, 0.05) is 32.4 Å². The molecule has 0 saturated carbocycles. The van der Waals surface area contributed by atoms with E-state index in [1.165, 1.54) is 11.8 Å². The summed E-state index contributed by atoms with van der Waals surface area (Å²) in [5.74, 6) is -0.351. The van der Waals surface area contributed by atoms with Crippen molar-refractivity contribution in [3.8, 4) is 0 Å². The quantitative estimate of drug-likeness (QED) is 0.415. The fourth-order valence-electron chi connectivity index (χ4n) is 4.59. The molecular weight excluding hydrogens is 452 g/mol. The van der Waals surface area contributed by atoms with Gasteiger partial charge in [-0.1, -0.05) is 42.1 Å². The van der Waals surface area contributed by atoms with Crippen molar-refractivity contribution in [2.24, 2.45) is 4.99 Å². The van der Waals surface area contributed by atoms with Gasteiger partial charge in [-0.2, -0.15) is 0 Å². The van der Waals surface area contributed by atoms with E-state index in [-0.39, 0.29) is 25.0 Å². The number of rotatable bonds is 8. The van der Waals surface area contributed by atoms with Crippen molar-refractivity contribution in [3.63, 3.8) is 0 Å². The van der Waals surface area contributed by atoms with Crippen LogP contribution in [-0.2, 0) is 19.1 Å². The monoisotopic (exact) mass is 484 g/mol. The number of hydrogen-bond acceptors (Lipinski definition) is 8. The molecule has 4 rings (SSSR count). The number of aliphatic imine (C=N–C) groups is 1. The van der Waals surface area contributed by atoms with Crippen LogP contribution in [-0.4, -0.2) is 85.3 Å². The molecule has 0 spiro atoms. The summed E-state index contributed by atoms with van der Waals surface area (Å²) in [7, 11) is 5.53. The van der Waals surface area contributed by atoms with E-state index in [0.29, 0.717) is 17.9 Å². The Bertz CT molecular complexity index is 1020. The summed E-state index contributed by atoms with van der Waals surface area (Å²) in [5, 5.41) is 2.75. The Morgan fingerprint density at radius 2 is 2.00 bits per heavy atom. The zero-order valence-corrected chi connectivity index (χ0v) is 21.0. The molecule has 8 nitrogen and oxygen atoms in total. The largest absolute Gasteiger partial charge is 0.460 e. The van der Waals surface area contributed by atoms with Crippen molar-refractivity contribution in [2.45, 2.75) is 31.8 Å². The normalized spacial score (nSPS) is 22.4. The molecule has 1 fully saturated rings. The Morgan fingerprint density at radius 1 is 1.24 bits per heavy atom. The molecule has 9 heteroatoms. The number of thioether (sulfide) groups is 1. The number of allylic oxidation sites excluding steroid dienone is 1. The molecule has 1 aromatic rings. The summed E-state index contributed by atoms with van der Waals surface area (Å²) in [6.45, 7) is 4.21. The second-order valence-corrected chi connectivity index (χ2v) is 9.66. The maximum Gasteiger partial charge on any atom is 0.338 e. The van der Waals surface area contributed by atoms with Crippen molar-refractivity contribution in [1.29, 1.82) is 0 Å². The van der Waals surface area contributed by atoms with Gasteiger partial charge in [0.2, 0.25) is 5.91 Å². The van der Waals surface area contributed by atoms with Crippen LogP contribution < -0.4 is 0 Å². The molecule has 34 heavy (non-hydrogen) atoms. The number of fused-ring (bicyclic) bond motifs is 1. The third-order valence-electron chi connectivity index (χ3n) is 6.50. The molecule has 0 aromatic heterocycles. The lowest BCUT2D eigenvalue weighted by Gasteiger charge is -2.36. The van der Waals surface area contributed by atoms with Crippen LogP contribution in [0.3, 0.4) is 0 Å². The molecule has 0 N–H and O–H groups in total. The summed E-state index contributed by atoms with van der Waals surface area (Å²) < 4.78 is 10.5. The Kier molecular flexibility index (Phi) is 7.75. The zero-order valence-electron chi connectivity index (χ0n) is 20.2. The summed E-state index contributed by atoms with van der Waals surface area (Å²) in [6.07, 6.45) is 1.23. The number of amidine groups is 1. The highest BCUT2D eigenvalue weighted by molar-refractivity contribution is 8.16. The summed E-state index contributed by atoms with van der Waals surface area (Å²) in [4.78, 5) is 37.2. The predicted octanol–water partition coefficient (Wildman–Crippen LogP) is 3.00. The third kappa shape index (κ3) is 5.06. The molecular formula is C25H32N4O4S. The molecule has 0 aliphatic carbocycles. The van der Waals surface area contributed by atoms with E-state index < -0.39 is 12.0 Å². The Labute approximate surface area is 205 Å². The van der Waals surface area contributed by atoms with Crippen molar-refractivity contribution in [2.75, 3.05) is 47.5 Å². The van der Waals surface area contributed by atoms with Gasteiger partial charge in [0.05, 0.1) is 30.3 Å². The minimum Gasteiger partial charge on any atom is -0.460 e. The molecule has 1 amide bonds. The smallest absolute Gasteiger partial charge is 0.338 e. The van der Waals surface area contributed by atoms with E-state index in [4.69, 9.17) is 14.5 Å². The van der Waals surface area contributed by atoms with Crippen LogP contribution in [0.25, 0.3) is 0 Å². The van der Waals surface area contributed by atoms with Gasteiger partial charge >= 0.3 is 5.97 Å². The minimum atomic E-state index is -0.417. The van der Waals surface area contributed by atoms with Crippen LogP contribution in [0.1, 0.15) is 31.4 Å². The maximum absolute atomic E-state index is 13.2. The molecule has 3 heterocycles. The highest BCUT2D eigenvalue weighted by Crippen LogP contribution is 2.44. The number of esters is 1. The Morgan fingerprint density at radius 3 is 2.68 bits per heavy atom. The third-order valence-corrected chi connectivity index (χ3v) is 7.39. The number of nitrogens with zero attached hydrogens (tertiary/aromatic N) is 4. The van der Waals surface area contributed by atoms with Gasteiger partial charge in [0.25, 0.3) is 0 Å². The first-order valence-electron chi connectivity index (χ1n) is 11.5. The van der Waals surface area contributed by atoms with Crippen molar-refractivity contribution in [3.05, 3.63) is 58.3 Å². The SMILES string of the molecule is COCCOC(=O)C1=C(C)N=C2SC=C(CC(=O)N(C)C3CCN(C)C3)N2C1c1ccccc1. The lowest BCUT2D eigenvalue weighted by atomic mass is 9.94. The fourth-order valence-corrected chi connectivity index (χ4v) is 5.55. The molecule has 2 atom stereocenters. The van der Waals surface area contributed by atoms with Gasteiger partial charge in [-0.15, -0.1) is 0 Å². The standard InChI is InChI=1S/C25H32N4O4S/c1-17-22(24(31)33-13-12-32-4)23(18-8-6-5-7-9-18)29-20(16-34-25(29)26-17)14-21(30)28(3)19-10-11-27(2)15-19/h5-9,16,19,23H,10-15H2,1-4H3. The van der Waals surface area contributed by atoms with Crippen LogP contribution in [0.5, 0.6) is 0 Å². The molecule has 3 aliphatic heterocycles. The van der Waals surface area contributed by atoms with E-state index in [1.807, 2.05) is 59.5 Å². The van der Waals surface area contributed by atoms with E-state index in [0.717, 1.165) is 35.9 Å². The van der Waals surface area contributed by atoms with Crippen LogP contribution in [0.15, 0.2) is 57.7 Å². The van der Waals surface area contributed by atoms with E-state index in [9.17, 15) is 9.59 Å². The number of carbonyl (C=O) groups excluding carboxylic acids is 2. The fraction of sp³-hybridized carbons (Fsp3) is 0.480. The zero-order chi connectivity index (χ0) is 24.2. The van der Waals surface area contributed by atoms with Gasteiger partial charge in [0.15, 0.2) is 5.17 Å². The average molecular weight is 485 g/mol. The van der Waals surface area contributed by atoms with Gasteiger partial charge < -0.3 is 24.2 Å². The van der Waals surface area contributed by atoms with Crippen LogP contribution in [0.2, 0.25) is 0 Å². The molecule has 182 valence electrons. The first-order valence-corrected chi connectivity index (χ1v) is 12.4. The molecule has 2 unspecified atom stereocenters. The lowest BCUT2D eigenvalue weighted by Crippen LogP contribution is -2.41. The van der Waals surface area contributed by atoms with Gasteiger partial charge in [-0.3, -0.25) is 4.79 Å². The van der Waals surface area contributed by atoms with E-state index in [2.05, 4.69) is 11.9 Å². The first kappa shape index (κ1) is 24.5. The number of likely N-dealkylation sites (tertiary alicyclic amines) is 1. The number of ether oxygens (including phenoxy) is 2. The van der Waals surface area contributed by atoms with Crippen molar-refractivity contribution < 1.29 is 19.1 Å². The Balaban J connectivity index is 1.61. The van der Waals surface area contributed by atoms with Crippen molar-refractivity contribution in [1.82, 2.24) is 14.7 Å². The predicted molar refractivity (Wildman–Crippen MR) is 133 cm³/mol. The number of carbonyl (C=O) groups is 2. The molecule has 0 radical (unpaired) electrons. The second kappa shape index (κ2) is 10.8. The summed E-state index contributed by atoms with van der Waals surface area (Å²) in [6, 6.07) is 9.64. The van der Waals surface area contributed by atoms with Gasteiger partial charge in [0.1, 0.15) is 6.61 Å². The highest BCUT2D eigenvalue weighted by atomic mass is 32.2. The summed E-state index contributed by atoms with van der Waals surface area (Å²) >= 11 is 1.49. The van der Waals surface area contributed by atoms with Crippen LogP contribution in [0.4, 0.5) is 0 Å². The molecule has 1 aromatic carbocycles. The van der Waals surface area contributed by atoms with Crippen molar-refractivity contribution >= 4 is 28.8 Å². The molecule has 3 aliphatic rings. The Hall–Kier alpha value is -2.62. The molecule has 0 bridgehead atoms. The molecule has 1 saturated heterocycles. The number of methoxy groups -OCH3 is 1. The minimum absolute atomic E-state index is 0.0655. The van der Waals surface area contributed by atoms with Crippen LogP contribution in [0, 0.1) is 0 Å². The lowest BCUT2D eigenvalue weighted by molar-refractivity contribution is -0.141. The second-order valence-electron chi connectivity index (χ2n) is 8.82. The first-order chi connectivity index (χ1) is 16.4.